The van der Waals surface area contributed by atoms with Gasteiger partial charge in [-0.15, -0.1) is 0 Å². The lowest BCUT2D eigenvalue weighted by Gasteiger charge is -2.18. The Kier molecular flexibility index (Phi) is 2.69. The van der Waals surface area contributed by atoms with Gasteiger partial charge in [-0.3, -0.25) is 4.79 Å². The second-order valence-electron chi connectivity index (χ2n) is 5.06. The first-order chi connectivity index (χ1) is 9.13. The maximum Gasteiger partial charge on any atom is 0.329 e. The van der Waals surface area contributed by atoms with Crippen LogP contribution in [0.4, 0.5) is 10.5 Å². The number of ether oxygens (including phenoxy) is 1. The van der Waals surface area contributed by atoms with Crippen molar-refractivity contribution in [2.45, 2.75) is 25.8 Å². The number of carbonyl (C=O) groups is 2. The molecule has 0 unspecified atom stereocenters. The Morgan fingerprint density at radius 3 is 2.68 bits per heavy atom. The van der Waals surface area contributed by atoms with Crippen LogP contribution < -0.4 is 15.0 Å². The van der Waals surface area contributed by atoms with Gasteiger partial charge >= 0.3 is 6.03 Å². The summed E-state index contributed by atoms with van der Waals surface area (Å²) >= 11 is 0. The molecule has 1 aliphatic carbocycles. The number of urea groups is 1. The van der Waals surface area contributed by atoms with Gasteiger partial charge in [0.05, 0.1) is 12.8 Å². The molecule has 0 radical (unpaired) electrons. The van der Waals surface area contributed by atoms with Crippen molar-refractivity contribution in [3.63, 3.8) is 0 Å². The predicted octanol–water partition coefficient (Wildman–Crippen LogP) is 1.84. The fourth-order valence-corrected chi connectivity index (χ4v) is 2.54. The number of nitrogens with zero attached hydrogens (tertiary/aromatic N) is 1. The molecule has 19 heavy (non-hydrogen) atoms. The highest BCUT2D eigenvalue weighted by Crippen LogP contribution is 2.39. The van der Waals surface area contributed by atoms with E-state index < -0.39 is 0 Å². The zero-order chi connectivity index (χ0) is 13.6. The molecule has 0 spiro atoms. The van der Waals surface area contributed by atoms with E-state index >= 15 is 0 Å². The van der Waals surface area contributed by atoms with Gasteiger partial charge in [-0.25, -0.2) is 9.69 Å². The Hall–Kier alpha value is -2.04. The number of methoxy groups -OCH3 is 1. The van der Waals surface area contributed by atoms with Crippen LogP contribution in [0.15, 0.2) is 18.2 Å². The topological polar surface area (TPSA) is 58.6 Å². The second kappa shape index (κ2) is 4.26. The molecule has 5 heteroatoms. The van der Waals surface area contributed by atoms with Crippen LogP contribution in [0.25, 0.3) is 0 Å². The maximum atomic E-state index is 12.4. The van der Waals surface area contributed by atoms with E-state index in [1.54, 1.807) is 6.07 Å². The average molecular weight is 260 g/mol. The Labute approximate surface area is 111 Å². The van der Waals surface area contributed by atoms with Crippen LogP contribution in [0.2, 0.25) is 0 Å². The number of rotatable bonds is 3. The molecule has 3 amide bonds. The molecule has 5 nitrogen and oxygen atoms in total. The first-order valence-electron chi connectivity index (χ1n) is 6.41. The fraction of sp³-hybridized carbons (Fsp3) is 0.429. The first kappa shape index (κ1) is 12.0. The SMILES string of the molecule is COc1cccc(C)c1N1C(=O)N[C@@H](C2CC2)C1=O. The van der Waals surface area contributed by atoms with Crippen molar-refractivity contribution in [2.75, 3.05) is 12.0 Å². The summed E-state index contributed by atoms with van der Waals surface area (Å²) in [5, 5.41) is 2.77. The molecule has 1 aromatic rings. The molecule has 0 bridgehead atoms. The number of para-hydroxylation sites is 1. The van der Waals surface area contributed by atoms with E-state index in [4.69, 9.17) is 4.74 Å². The van der Waals surface area contributed by atoms with Crippen molar-refractivity contribution in [1.82, 2.24) is 5.32 Å². The van der Waals surface area contributed by atoms with Gasteiger partial charge < -0.3 is 10.1 Å². The number of amides is 3. The maximum absolute atomic E-state index is 12.4. The summed E-state index contributed by atoms with van der Waals surface area (Å²) in [4.78, 5) is 25.7. The molecule has 1 saturated carbocycles. The van der Waals surface area contributed by atoms with Crippen LogP contribution in [0.3, 0.4) is 0 Å². The van der Waals surface area contributed by atoms with Crippen LogP contribution in [0, 0.1) is 12.8 Å². The minimum Gasteiger partial charge on any atom is -0.495 e. The zero-order valence-corrected chi connectivity index (χ0v) is 11.0. The van der Waals surface area contributed by atoms with Crippen molar-refractivity contribution in [2.24, 2.45) is 5.92 Å². The van der Waals surface area contributed by atoms with E-state index in [-0.39, 0.29) is 18.0 Å². The van der Waals surface area contributed by atoms with Crippen LogP contribution in [0.1, 0.15) is 18.4 Å². The van der Waals surface area contributed by atoms with Crippen LogP contribution >= 0.6 is 0 Å². The summed E-state index contributed by atoms with van der Waals surface area (Å²) in [5.74, 6) is 0.677. The van der Waals surface area contributed by atoms with Crippen molar-refractivity contribution >= 4 is 17.6 Å². The molecule has 2 aliphatic rings. The number of aryl methyl sites for hydroxylation is 1. The number of carbonyl (C=O) groups excluding carboxylic acids is 2. The van der Waals surface area contributed by atoms with Crippen molar-refractivity contribution in [1.29, 1.82) is 0 Å². The fourth-order valence-electron chi connectivity index (χ4n) is 2.54. The minimum absolute atomic E-state index is 0.167. The first-order valence-corrected chi connectivity index (χ1v) is 6.41. The lowest BCUT2D eigenvalue weighted by atomic mass is 10.1. The lowest BCUT2D eigenvalue weighted by molar-refractivity contribution is -0.118. The average Bonchev–Trinajstić information content (AvgIpc) is 3.18. The number of hydrogen-bond donors (Lipinski definition) is 1. The third-order valence-electron chi connectivity index (χ3n) is 3.71. The molecule has 0 aromatic heterocycles. The molecule has 2 fully saturated rings. The number of anilines is 1. The quantitative estimate of drug-likeness (QED) is 0.844. The zero-order valence-electron chi connectivity index (χ0n) is 11.0. The molecule has 1 saturated heterocycles. The van der Waals surface area contributed by atoms with E-state index in [9.17, 15) is 9.59 Å². The van der Waals surface area contributed by atoms with Crippen molar-refractivity contribution < 1.29 is 14.3 Å². The van der Waals surface area contributed by atoms with Gasteiger partial charge in [0, 0.05) is 0 Å². The second-order valence-corrected chi connectivity index (χ2v) is 5.06. The van der Waals surface area contributed by atoms with Crippen molar-refractivity contribution in [3.05, 3.63) is 23.8 Å². The van der Waals surface area contributed by atoms with Crippen molar-refractivity contribution in [3.8, 4) is 5.75 Å². The summed E-state index contributed by atoms with van der Waals surface area (Å²) in [6.07, 6.45) is 2.02. The van der Waals surface area contributed by atoms with Crippen LogP contribution in [-0.2, 0) is 4.79 Å². The highest BCUT2D eigenvalue weighted by Gasteiger charge is 2.47. The van der Waals surface area contributed by atoms with Gasteiger partial charge in [-0.2, -0.15) is 0 Å². The van der Waals surface area contributed by atoms with E-state index in [0.29, 0.717) is 17.4 Å². The van der Waals surface area contributed by atoms with E-state index in [0.717, 1.165) is 18.4 Å². The normalized spacial score (nSPS) is 22.6. The summed E-state index contributed by atoms with van der Waals surface area (Å²) < 4.78 is 5.27. The minimum atomic E-state index is -0.364. The summed E-state index contributed by atoms with van der Waals surface area (Å²) in [5.41, 5.74) is 1.40. The number of nitrogens with one attached hydrogen (secondary N) is 1. The molecule has 3 rings (SSSR count). The van der Waals surface area contributed by atoms with Crippen LogP contribution in [-0.4, -0.2) is 25.1 Å². The number of hydrogen-bond acceptors (Lipinski definition) is 3. The molecular weight excluding hydrogens is 244 g/mol. The molecule has 1 heterocycles. The Balaban J connectivity index is 2.02. The Morgan fingerprint density at radius 2 is 2.05 bits per heavy atom. The van der Waals surface area contributed by atoms with Gasteiger partial charge in [0.15, 0.2) is 0 Å². The molecule has 1 N–H and O–H groups in total. The van der Waals surface area contributed by atoms with Gasteiger partial charge in [0.25, 0.3) is 5.91 Å². The highest BCUT2D eigenvalue weighted by atomic mass is 16.5. The summed E-state index contributed by atoms with van der Waals surface area (Å²) in [7, 11) is 1.54. The van der Waals surface area contributed by atoms with Crippen LogP contribution in [0.5, 0.6) is 5.75 Å². The summed E-state index contributed by atoms with van der Waals surface area (Å²) in [6.45, 7) is 1.86. The smallest absolute Gasteiger partial charge is 0.329 e. The Bertz CT molecular complexity index is 552. The number of benzene rings is 1. The predicted molar refractivity (Wildman–Crippen MR) is 70.3 cm³/mol. The Morgan fingerprint density at radius 1 is 1.32 bits per heavy atom. The van der Waals surface area contributed by atoms with Gasteiger partial charge in [0.2, 0.25) is 0 Å². The monoisotopic (exact) mass is 260 g/mol. The molecule has 1 aromatic carbocycles. The highest BCUT2D eigenvalue weighted by molar-refractivity contribution is 6.22. The van der Waals surface area contributed by atoms with Gasteiger partial charge in [-0.1, -0.05) is 12.1 Å². The van der Waals surface area contributed by atoms with E-state index in [1.165, 1.54) is 12.0 Å². The van der Waals surface area contributed by atoms with E-state index in [2.05, 4.69) is 5.32 Å². The molecule has 1 aliphatic heterocycles. The standard InChI is InChI=1S/C14H16N2O3/c1-8-4-3-5-10(19-2)12(8)16-13(17)11(9-6-7-9)15-14(16)18/h3-5,9,11H,6-7H2,1-2H3,(H,15,18)/t11-/m0/s1. The summed E-state index contributed by atoms with van der Waals surface area (Å²) in [6, 6.07) is 4.75. The van der Waals surface area contributed by atoms with Gasteiger partial charge in [0.1, 0.15) is 11.8 Å². The third kappa shape index (κ3) is 1.85. The third-order valence-corrected chi connectivity index (χ3v) is 3.71. The van der Waals surface area contributed by atoms with E-state index in [1.807, 2.05) is 19.1 Å². The van der Waals surface area contributed by atoms with Gasteiger partial charge in [-0.05, 0) is 37.3 Å². The largest absolute Gasteiger partial charge is 0.495 e. The molecule has 100 valence electrons. The number of imide groups is 1. The molecular formula is C14H16N2O3. The molecule has 1 atom stereocenters. The lowest BCUT2D eigenvalue weighted by Crippen LogP contribution is -2.33.